The Morgan fingerprint density at radius 3 is 2.88 bits per heavy atom. The van der Waals surface area contributed by atoms with Crippen LogP contribution >= 0.6 is 0 Å². The van der Waals surface area contributed by atoms with Crippen LogP contribution in [-0.2, 0) is 16.1 Å². The van der Waals surface area contributed by atoms with Crippen molar-refractivity contribution in [1.82, 2.24) is 19.8 Å². The van der Waals surface area contributed by atoms with Gasteiger partial charge in [-0.25, -0.2) is 4.98 Å². The van der Waals surface area contributed by atoms with Crippen molar-refractivity contribution in [3.63, 3.8) is 0 Å². The second-order valence-corrected chi connectivity index (χ2v) is 6.01. The number of fused-ring (bicyclic) bond motifs is 1. The molecule has 0 bridgehead atoms. The third-order valence-corrected chi connectivity index (χ3v) is 4.15. The largest absolute Gasteiger partial charge is 0.378 e. The van der Waals surface area contributed by atoms with Crippen LogP contribution in [-0.4, -0.2) is 65.6 Å². The van der Waals surface area contributed by atoms with E-state index in [2.05, 4.69) is 9.97 Å². The number of carbonyl (C=O) groups is 1. The van der Waals surface area contributed by atoms with Crippen molar-refractivity contribution in [3.05, 3.63) is 40.4 Å². The molecule has 1 N–H and O–H groups in total. The number of aromatic nitrogens is 2. The first kappa shape index (κ1) is 16.6. The van der Waals surface area contributed by atoms with E-state index in [1.807, 2.05) is 35.0 Å². The Balaban J connectivity index is 1.57. The van der Waals surface area contributed by atoms with Crippen LogP contribution in [0.15, 0.2) is 29.1 Å². The van der Waals surface area contributed by atoms with Crippen LogP contribution < -0.4 is 5.56 Å². The molecule has 0 aliphatic carbocycles. The van der Waals surface area contributed by atoms with Crippen LogP contribution in [0.5, 0.6) is 0 Å². The van der Waals surface area contributed by atoms with Gasteiger partial charge in [0.1, 0.15) is 5.82 Å². The number of para-hydroxylation sites is 1. The molecule has 1 aliphatic heterocycles. The normalized spacial score (nSPS) is 15.2. The highest BCUT2D eigenvalue weighted by Crippen LogP contribution is 2.07. The first-order valence-corrected chi connectivity index (χ1v) is 8.15. The Kier molecular flexibility index (Phi) is 5.22. The van der Waals surface area contributed by atoms with Crippen molar-refractivity contribution in [2.24, 2.45) is 0 Å². The molecule has 0 saturated carbocycles. The molecule has 0 radical (unpaired) electrons. The minimum atomic E-state index is -0.131. The third-order valence-electron chi connectivity index (χ3n) is 4.15. The number of aromatic amines is 1. The lowest BCUT2D eigenvalue weighted by molar-refractivity contribution is -0.135. The molecule has 0 atom stereocenters. The van der Waals surface area contributed by atoms with E-state index in [-0.39, 0.29) is 11.5 Å². The molecule has 1 fully saturated rings. The highest BCUT2D eigenvalue weighted by molar-refractivity contribution is 5.77. The number of amides is 1. The van der Waals surface area contributed by atoms with Gasteiger partial charge in [-0.15, -0.1) is 0 Å². The van der Waals surface area contributed by atoms with Gasteiger partial charge in [0.15, 0.2) is 0 Å². The van der Waals surface area contributed by atoms with Gasteiger partial charge in [-0.1, -0.05) is 12.1 Å². The first-order valence-electron chi connectivity index (χ1n) is 8.15. The lowest BCUT2D eigenvalue weighted by Gasteiger charge is -2.27. The molecular weight excluding hydrogens is 308 g/mol. The monoisotopic (exact) mass is 330 g/mol. The Morgan fingerprint density at radius 1 is 1.33 bits per heavy atom. The van der Waals surface area contributed by atoms with E-state index in [9.17, 15) is 9.59 Å². The molecule has 7 nitrogen and oxygen atoms in total. The standard InChI is InChI=1S/C17H22N4O3/c1-20(7-6-16(22)21-8-10-24-11-9-21)12-15-18-14-5-3-2-4-13(14)17(23)19-15/h2-5H,6-12H2,1H3,(H,18,19,23). The Labute approximate surface area is 140 Å². The van der Waals surface area contributed by atoms with Gasteiger partial charge in [-0.3, -0.25) is 14.5 Å². The van der Waals surface area contributed by atoms with Gasteiger partial charge in [-0.05, 0) is 19.2 Å². The molecule has 24 heavy (non-hydrogen) atoms. The molecule has 1 aromatic carbocycles. The zero-order chi connectivity index (χ0) is 16.9. The molecule has 128 valence electrons. The lowest BCUT2D eigenvalue weighted by atomic mass is 10.2. The minimum absolute atomic E-state index is 0.131. The molecule has 1 saturated heterocycles. The van der Waals surface area contributed by atoms with Crippen molar-refractivity contribution in [2.75, 3.05) is 39.9 Å². The smallest absolute Gasteiger partial charge is 0.258 e. The average molecular weight is 330 g/mol. The Hall–Kier alpha value is -2.25. The van der Waals surface area contributed by atoms with E-state index < -0.39 is 0 Å². The molecule has 1 aromatic heterocycles. The van der Waals surface area contributed by atoms with Crippen molar-refractivity contribution in [2.45, 2.75) is 13.0 Å². The zero-order valence-corrected chi connectivity index (χ0v) is 13.8. The SMILES string of the molecule is CN(CCC(=O)N1CCOCC1)Cc1nc2ccccc2c(=O)[nH]1. The number of H-pyrrole nitrogens is 1. The summed E-state index contributed by atoms with van der Waals surface area (Å²) in [7, 11) is 1.92. The fraction of sp³-hybridized carbons (Fsp3) is 0.471. The van der Waals surface area contributed by atoms with E-state index in [0.29, 0.717) is 62.5 Å². The molecule has 0 spiro atoms. The number of nitrogens with one attached hydrogen (secondary N) is 1. The number of hydrogen-bond acceptors (Lipinski definition) is 5. The molecule has 0 unspecified atom stereocenters. The molecular formula is C17H22N4O3. The summed E-state index contributed by atoms with van der Waals surface area (Å²) in [5, 5.41) is 0.589. The summed E-state index contributed by atoms with van der Waals surface area (Å²) in [5.74, 6) is 0.755. The quantitative estimate of drug-likeness (QED) is 0.869. The summed E-state index contributed by atoms with van der Waals surface area (Å²) < 4.78 is 5.25. The fourth-order valence-electron chi connectivity index (χ4n) is 2.80. The number of hydrogen-bond donors (Lipinski definition) is 1. The number of ether oxygens (including phenoxy) is 1. The van der Waals surface area contributed by atoms with Gasteiger partial charge in [0.25, 0.3) is 5.56 Å². The molecule has 2 heterocycles. The van der Waals surface area contributed by atoms with E-state index in [1.165, 1.54) is 0 Å². The van der Waals surface area contributed by atoms with Gasteiger partial charge in [0, 0.05) is 26.1 Å². The molecule has 1 amide bonds. The van der Waals surface area contributed by atoms with Crippen LogP contribution in [0.4, 0.5) is 0 Å². The van der Waals surface area contributed by atoms with Crippen LogP contribution in [0.3, 0.4) is 0 Å². The summed E-state index contributed by atoms with van der Waals surface area (Å²) in [6, 6.07) is 7.28. The van der Waals surface area contributed by atoms with Gasteiger partial charge in [-0.2, -0.15) is 0 Å². The number of carbonyl (C=O) groups excluding carboxylic acids is 1. The molecule has 7 heteroatoms. The first-order chi connectivity index (χ1) is 11.6. The van der Waals surface area contributed by atoms with Crippen molar-refractivity contribution in [1.29, 1.82) is 0 Å². The van der Waals surface area contributed by atoms with Gasteiger partial charge in [0.05, 0.1) is 30.7 Å². The van der Waals surface area contributed by atoms with Crippen molar-refractivity contribution < 1.29 is 9.53 Å². The van der Waals surface area contributed by atoms with E-state index in [4.69, 9.17) is 4.74 Å². The van der Waals surface area contributed by atoms with E-state index in [0.717, 1.165) is 0 Å². The van der Waals surface area contributed by atoms with Crippen LogP contribution in [0.1, 0.15) is 12.2 Å². The minimum Gasteiger partial charge on any atom is -0.378 e. The van der Waals surface area contributed by atoms with Gasteiger partial charge < -0.3 is 14.6 Å². The number of rotatable bonds is 5. The second-order valence-electron chi connectivity index (χ2n) is 6.01. The predicted molar refractivity (Wildman–Crippen MR) is 90.7 cm³/mol. The molecule has 1 aliphatic rings. The number of benzene rings is 1. The molecule has 3 rings (SSSR count). The molecule has 2 aromatic rings. The number of morpholine rings is 1. The Morgan fingerprint density at radius 2 is 2.08 bits per heavy atom. The summed E-state index contributed by atoms with van der Waals surface area (Å²) in [5.41, 5.74) is 0.558. The van der Waals surface area contributed by atoms with E-state index >= 15 is 0 Å². The third kappa shape index (κ3) is 3.98. The van der Waals surface area contributed by atoms with Gasteiger partial charge in [0.2, 0.25) is 5.91 Å². The second kappa shape index (κ2) is 7.55. The fourth-order valence-corrected chi connectivity index (χ4v) is 2.80. The maximum atomic E-state index is 12.2. The average Bonchev–Trinajstić information content (AvgIpc) is 2.60. The van der Waals surface area contributed by atoms with Crippen LogP contribution in [0, 0.1) is 0 Å². The van der Waals surface area contributed by atoms with Crippen molar-refractivity contribution >= 4 is 16.8 Å². The Bertz CT molecular complexity index is 768. The van der Waals surface area contributed by atoms with Gasteiger partial charge >= 0.3 is 0 Å². The van der Waals surface area contributed by atoms with Crippen LogP contribution in [0.25, 0.3) is 10.9 Å². The predicted octanol–water partition coefficient (Wildman–Crippen LogP) is 0.604. The zero-order valence-electron chi connectivity index (χ0n) is 13.8. The van der Waals surface area contributed by atoms with E-state index in [1.54, 1.807) is 6.07 Å². The highest BCUT2D eigenvalue weighted by atomic mass is 16.5. The maximum Gasteiger partial charge on any atom is 0.258 e. The topological polar surface area (TPSA) is 78.5 Å². The number of nitrogens with zero attached hydrogens (tertiary/aromatic N) is 3. The summed E-state index contributed by atoms with van der Waals surface area (Å²) in [6.45, 7) is 3.68. The van der Waals surface area contributed by atoms with Crippen LogP contribution in [0.2, 0.25) is 0 Å². The highest BCUT2D eigenvalue weighted by Gasteiger charge is 2.17. The summed E-state index contributed by atoms with van der Waals surface area (Å²) in [6.07, 6.45) is 0.453. The summed E-state index contributed by atoms with van der Waals surface area (Å²) >= 11 is 0. The maximum absolute atomic E-state index is 12.2. The van der Waals surface area contributed by atoms with Crippen molar-refractivity contribution in [3.8, 4) is 0 Å². The summed E-state index contributed by atoms with van der Waals surface area (Å²) in [4.78, 5) is 35.3. The lowest BCUT2D eigenvalue weighted by Crippen LogP contribution is -2.41.